The molecule has 0 saturated heterocycles. The van der Waals surface area contributed by atoms with Gasteiger partial charge in [0.1, 0.15) is 18.4 Å². The molecular weight excluding hydrogens is 553 g/mol. The molecule has 1 saturated carbocycles. The Morgan fingerprint density at radius 2 is 1.60 bits per heavy atom. The van der Waals surface area contributed by atoms with Gasteiger partial charge in [0, 0.05) is 17.6 Å². The zero-order valence-electron chi connectivity index (χ0n) is 22.3. The van der Waals surface area contributed by atoms with Gasteiger partial charge in [-0.05, 0) is 67.3 Å². The van der Waals surface area contributed by atoms with Crippen LogP contribution in [0.15, 0.2) is 83.8 Å². The minimum absolute atomic E-state index is 0.0221. The van der Waals surface area contributed by atoms with E-state index in [9.17, 15) is 22.4 Å². The number of sulfonamides is 1. The Morgan fingerprint density at radius 3 is 2.23 bits per heavy atom. The van der Waals surface area contributed by atoms with Gasteiger partial charge >= 0.3 is 0 Å². The third-order valence-electron chi connectivity index (χ3n) is 7.11. The maximum atomic E-state index is 14.1. The Morgan fingerprint density at radius 1 is 0.975 bits per heavy atom. The average Bonchev–Trinajstić information content (AvgIpc) is 3.46. The van der Waals surface area contributed by atoms with Gasteiger partial charge in [0.15, 0.2) is 0 Å². The summed E-state index contributed by atoms with van der Waals surface area (Å²) in [5.41, 5.74) is 0.901. The summed E-state index contributed by atoms with van der Waals surface area (Å²) in [5, 5.41) is 3.51. The number of nitrogens with zero attached hydrogens (tertiary/aromatic N) is 2. The van der Waals surface area contributed by atoms with Crippen molar-refractivity contribution in [2.45, 2.75) is 62.6 Å². The molecule has 1 aliphatic carbocycles. The van der Waals surface area contributed by atoms with Crippen molar-refractivity contribution in [3.63, 3.8) is 0 Å². The van der Waals surface area contributed by atoms with E-state index < -0.39 is 34.3 Å². The summed E-state index contributed by atoms with van der Waals surface area (Å²) in [6, 6.07) is 18.9. The molecular formula is C30H33ClFN3O4S. The van der Waals surface area contributed by atoms with Crippen LogP contribution in [0.5, 0.6) is 0 Å². The molecule has 1 atom stereocenters. The number of halogens is 2. The molecule has 4 rings (SSSR count). The van der Waals surface area contributed by atoms with Crippen LogP contribution in [0.1, 0.15) is 44.6 Å². The van der Waals surface area contributed by atoms with Crippen molar-refractivity contribution < 1.29 is 22.4 Å². The second kappa shape index (κ2) is 13.3. The molecule has 3 aromatic carbocycles. The maximum absolute atomic E-state index is 14.1. The van der Waals surface area contributed by atoms with E-state index in [0.717, 1.165) is 54.3 Å². The van der Waals surface area contributed by atoms with Crippen LogP contribution in [0.3, 0.4) is 0 Å². The Hall–Kier alpha value is -3.43. The van der Waals surface area contributed by atoms with Crippen molar-refractivity contribution >= 4 is 39.1 Å². The first-order valence-electron chi connectivity index (χ1n) is 13.4. The fourth-order valence-electron chi connectivity index (χ4n) is 4.95. The molecule has 212 valence electrons. The van der Waals surface area contributed by atoms with Crippen molar-refractivity contribution in [3.05, 3.63) is 95.3 Å². The first-order valence-corrected chi connectivity index (χ1v) is 15.2. The summed E-state index contributed by atoms with van der Waals surface area (Å²) in [7, 11) is -4.26. The van der Waals surface area contributed by atoms with Crippen molar-refractivity contribution in [3.8, 4) is 0 Å². The minimum Gasteiger partial charge on any atom is -0.352 e. The monoisotopic (exact) mass is 585 g/mol. The SMILES string of the molecule is CC[C@H](C(=O)NC1CCCC1)N(Cc1ccccc1Cl)C(=O)CN(c1ccccc1)S(=O)(=O)c1ccc(F)cc1. The molecule has 1 aliphatic rings. The molecule has 1 fully saturated rings. The molecule has 40 heavy (non-hydrogen) atoms. The van der Waals surface area contributed by atoms with Crippen LogP contribution >= 0.6 is 11.6 Å². The first kappa shape index (κ1) is 29.6. The Bertz CT molecular complexity index is 1410. The van der Waals surface area contributed by atoms with Gasteiger partial charge in [-0.15, -0.1) is 0 Å². The lowest BCUT2D eigenvalue weighted by Crippen LogP contribution is -2.53. The highest BCUT2D eigenvalue weighted by Crippen LogP contribution is 2.26. The Kier molecular flexibility index (Phi) is 9.81. The standard InChI is InChI=1S/C30H33ClFN3O4S/c1-2-28(30(37)33-24-11-7-8-12-24)34(20-22-10-6-9-15-27(22)31)29(36)21-35(25-13-4-3-5-14-25)40(38,39)26-18-16-23(32)17-19-26/h3-6,9-10,13-19,24,28H,2,7-8,11-12,20-21H2,1H3,(H,33,37)/t28-/m1/s1. The fraction of sp³-hybridized carbons (Fsp3) is 0.333. The summed E-state index contributed by atoms with van der Waals surface area (Å²) < 4.78 is 42.1. The lowest BCUT2D eigenvalue weighted by molar-refractivity contribution is -0.140. The largest absolute Gasteiger partial charge is 0.352 e. The summed E-state index contributed by atoms with van der Waals surface area (Å²) >= 11 is 6.43. The first-order chi connectivity index (χ1) is 19.2. The predicted octanol–water partition coefficient (Wildman–Crippen LogP) is 5.54. The number of nitrogens with one attached hydrogen (secondary N) is 1. The number of benzene rings is 3. The van der Waals surface area contributed by atoms with Gasteiger partial charge in [-0.25, -0.2) is 12.8 Å². The van der Waals surface area contributed by atoms with E-state index >= 15 is 0 Å². The summed E-state index contributed by atoms with van der Waals surface area (Å²) in [6.45, 7) is 1.27. The molecule has 10 heteroatoms. The number of amides is 2. The van der Waals surface area contributed by atoms with Gasteiger partial charge in [0.25, 0.3) is 10.0 Å². The lowest BCUT2D eigenvalue weighted by Gasteiger charge is -2.34. The maximum Gasteiger partial charge on any atom is 0.264 e. The third-order valence-corrected chi connectivity index (χ3v) is 9.27. The normalized spacial score (nSPS) is 14.5. The number of anilines is 1. The Balaban J connectivity index is 1.70. The molecule has 0 heterocycles. The molecule has 1 N–H and O–H groups in total. The highest BCUT2D eigenvalue weighted by molar-refractivity contribution is 7.92. The number of rotatable bonds is 11. The topological polar surface area (TPSA) is 86.8 Å². The van der Waals surface area contributed by atoms with Gasteiger partial charge in [0.2, 0.25) is 11.8 Å². The summed E-state index contributed by atoms with van der Waals surface area (Å²) in [6.07, 6.45) is 4.18. The van der Waals surface area contributed by atoms with Crippen molar-refractivity contribution in [1.29, 1.82) is 0 Å². The van der Waals surface area contributed by atoms with E-state index in [1.165, 1.54) is 4.90 Å². The molecule has 0 aliphatic heterocycles. The quantitative estimate of drug-likeness (QED) is 0.320. The molecule has 7 nitrogen and oxygen atoms in total. The molecule has 0 bridgehead atoms. The van der Waals surface area contributed by atoms with Crippen LogP contribution in [0, 0.1) is 5.82 Å². The molecule has 2 amide bonds. The van der Waals surface area contributed by atoms with E-state index in [2.05, 4.69) is 5.32 Å². The molecule has 0 radical (unpaired) electrons. The smallest absolute Gasteiger partial charge is 0.264 e. The number of carbonyl (C=O) groups excluding carboxylic acids is 2. The summed E-state index contributed by atoms with van der Waals surface area (Å²) in [5.74, 6) is -1.42. The van der Waals surface area contributed by atoms with E-state index in [1.54, 1.807) is 54.6 Å². The Labute approximate surface area is 240 Å². The number of para-hydroxylation sites is 1. The van der Waals surface area contributed by atoms with Crippen LogP contribution in [0.2, 0.25) is 5.02 Å². The molecule has 3 aromatic rings. The highest BCUT2D eigenvalue weighted by atomic mass is 35.5. The lowest BCUT2D eigenvalue weighted by atomic mass is 10.1. The zero-order valence-corrected chi connectivity index (χ0v) is 23.9. The molecule has 0 aromatic heterocycles. The van der Waals surface area contributed by atoms with Gasteiger partial charge in [-0.3, -0.25) is 13.9 Å². The summed E-state index contributed by atoms with van der Waals surface area (Å²) in [4.78, 5) is 28.8. The van der Waals surface area contributed by atoms with Gasteiger partial charge in [-0.2, -0.15) is 0 Å². The minimum atomic E-state index is -4.26. The van der Waals surface area contributed by atoms with Crippen molar-refractivity contribution in [2.24, 2.45) is 0 Å². The van der Waals surface area contributed by atoms with Crippen molar-refractivity contribution in [1.82, 2.24) is 10.2 Å². The van der Waals surface area contributed by atoms with Crippen LogP contribution in [-0.4, -0.2) is 43.8 Å². The molecule has 0 unspecified atom stereocenters. The second-order valence-corrected chi connectivity index (χ2v) is 12.1. The van der Waals surface area contributed by atoms with Gasteiger partial charge in [0.05, 0.1) is 10.6 Å². The van der Waals surface area contributed by atoms with Gasteiger partial charge in [-0.1, -0.05) is 67.8 Å². The fourth-order valence-corrected chi connectivity index (χ4v) is 6.56. The zero-order chi connectivity index (χ0) is 28.7. The van der Waals surface area contributed by atoms with Crippen LogP contribution in [0.25, 0.3) is 0 Å². The van der Waals surface area contributed by atoms with Crippen molar-refractivity contribution in [2.75, 3.05) is 10.8 Å². The van der Waals surface area contributed by atoms with Gasteiger partial charge < -0.3 is 10.2 Å². The third kappa shape index (κ3) is 7.01. The average molecular weight is 586 g/mol. The highest BCUT2D eigenvalue weighted by Gasteiger charge is 2.34. The van der Waals surface area contributed by atoms with Crippen LogP contribution in [0.4, 0.5) is 10.1 Å². The molecule has 0 spiro atoms. The van der Waals surface area contributed by atoms with E-state index in [1.807, 2.05) is 6.92 Å². The predicted molar refractivity (Wildman–Crippen MR) is 154 cm³/mol. The number of carbonyl (C=O) groups is 2. The second-order valence-electron chi connectivity index (χ2n) is 9.83. The number of hydrogen-bond donors (Lipinski definition) is 1. The van der Waals surface area contributed by atoms with E-state index in [-0.39, 0.29) is 29.1 Å². The van der Waals surface area contributed by atoms with Crippen LogP contribution < -0.4 is 9.62 Å². The van der Waals surface area contributed by atoms with Crippen LogP contribution in [-0.2, 0) is 26.2 Å². The number of hydrogen-bond acceptors (Lipinski definition) is 4. The van der Waals surface area contributed by atoms with E-state index in [4.69, 9.17) is 11.6 Å². The van der Waals surface area contributed by atoms with E-state index in [0.29, 0.717) is 17.0 Å².